The molecule has 116 valence electrons. The van der Waals surface area contributed by atoms with Gasteiger partial charge in [-0.2, -0.15) is 0 Å². The van der Waals surface area contributed by atoms with Gasteiger partial charge in [0.05, 0.1) is 0 Å². The van der Waals surface area contributed by atoms with Crippen molar-refractivity contribution in [2.45, 2.75) is 32.5 Å². The fraction of sp³-hybridized carbons (Fsp3) is 0.500. The fourth-order valence-corrected chi connectivity index (χ4v) is 2.14. The number of nitrogens with one attached hydrogen (secondary N) is 1. The first kappa shape index (κ1) is 15.5. The van der Waals surface area contributed by atoms with Crippen LogP contribution in [0.4, 0.5) is 18.9 Å². The molecule has 0 spiro atoms. The standard InChI is InChI=1S/C14H18F3N3O/c1-13(7-2-8-13)9-19-12(18)20-10-3-5-11(6-4-10)21-14(15,16)17/h3-6H,2,7-9H2,1H3,(H3,18,19,20). The molecular weight excluding hydrogens is 283 g/mol. The quantitative estimate of drug-likeness (QED) is 0.661. The summed E-state index contributed by atoms with van der Waals surface area (Å²) < 4.78 is 39.9. The number of benzene rings is 1. The number of hydrogen-bond donors (Lipinski definition) is 2. The summed E-state index contributed by atoms with van der Waals surface area (Å²) in [6, 6.07) is 5.34. The van der Waals surface area contributed by atoms with E-state index in [-0.39, 0.29) is 17.1 Å². The molecule has 1 saturated carbocycles. The van der Waals surface area contributed by atoms with E-state index in [9.17, 15) is 13.2 Å². The zero-order valence-electron chi connectivity index (χ0n) is 11.7. The lowest BCUT2D eigenvalue weighted by molar-refractivity contribution is -0.274. The highest BCUT2D eigenvalue weighted by atomic mass is 19.4. The van der Waals surface area contributed by atoms with Crippen LogP contribution in [0.3, 0.4) is 0 Å². The van der Waals surface area contributed by atoms with Crippen molar-refractivity contribution in [2.75, 3.05) is 11.9 Å². The van der Waals surface area contributed by atoms with Gasteiger partial charge < -0.3 is 15.8 Å². The maximum atomic E-state index is 12.0. The number of ether oxygens (including phenoxy) is 1. The molecule has 7 heteroatoms. The molecule has 0 saturated heterocycles. The van der Waals surface area contributed by atoms with Gasteiger partial charge in [0.2, 0.25) is 0 Å². The molecule has 0 unspecified atom stereocenters. The molecule has 0 heterocycles. The molecule has 1 aromatic rings. The number of alkyl halides is 3. The zero-order chi connectivity index (χ0) is 15.5. The van der Waals surface area contributed by atoms with Gasteiger partial charge in [-0.3, -0.25) is 4.99 Å². The van der Waals surface area contributed by atoms with E-state index in [1.165, 1.54) is 30.7 Å². The molecule has 3 N–H and O–H groups in total. The van der Waals surface area contributed by atoms with E-state index in [1.807, 2.05) is 0 Å². The summed E-state index contributed by atoms with van der Waals surface area (Å²) in [5, 5.41) is 2.84. The number of aliphatic imine (C=N–C) groups is 1. The second-order valence-electron chi connectivity index (χ2n) is 5.56. The molecule has 0 radical (unpaired) electrons. The van der Waals surface area contributed by atoms with E-state index in [1.54, 1.807) is 0 Å². The number of hydrogen-bond acceptors (Lipinski definition) is 2. The van der Waals surface area contributed by atoms with Crippen molar-refractivity contribution in [1.82, 2.24) is 0 Å². The van der Waals surface area contributed by atoms with Gasteiger partial charge in [0.1, 0.15) is 5.75 Å². The average Bonchev–Trinajstić information content (AvgIpc) is 2.35. The van der Waals surface area contributed by atoms with Crippen molar-refractivity contribution in [1.29, 1.82) is 0 Å². The lowest BCUT2D eigenvalue weighted by Crippen LogP contribution is -2.31. The summed E-state index contributed by atoms with van der Waals surface area (Å²) in [4.78, 5) is 4.27. The molecule has 0 aliphatic heterocycles. The van der Waals surface area contributed by atoms with Gasteiger partial charge in [0, 0.05) is 12.2 Å². The molecule has 21 heavy (non-hydrogen) atoms. The van der Waals surface area contributed by atoms with Crippen molar-refractivity contribution in [3.63, 3.8) is 0 Å². The van der Waals surface area contributed by atoms with Crippen LogP contribution in [-0.4, -0.2) is 18.9 Å². The Labute approximate surface area is 121 Å². The number of nitrogens with zero attached hydrogens (tertiary/aromatic N) is 1. The second-order valence-corrected chi connectivity index (χ2v) is 5.56. The highest BCUT2D eigenvalue weighted by Crippen LogP contribution is 2.40. The molecule has 1 fully saturated rings. The van der Waals surface area contributed by atoms with Crippen LogP contribution in [0, 0.1) is 5.41 Å². The monoisotopic (exact) mass is 301 g/mol. The Morgan fingerprint density at radius 1 is 1.33 bits per heavy atom. The number of nitrogens with two attached hydrogens (primary N) is 1. The van der Waals surface area contributed by atoms with Gasteiger partial charge in [-0.15, -0.1) is 13.2 Å². The summed E-state index contributed by atoms with van der Waals surface area (Å²) in [6.45, 7) is 2.82. The lowest BCUT2D eigenvalue weighted by Gasteiger charge is -2.36. The van der Waals surface area contributed by atoms with Crippen LogP contribution in [0.25, 0.3) is 0 Å². The molecule has 1 aliphatic rings. The molecular formula is C14H18F3N3O. The Morgan fingerprint density at radius 3 is 2.43 bits per heavy atom. The van der Waals surface area contributed by atoms with Gasteiger partial charge in [-0.1, -0.05) is 13.3 Å². The SMILES string of the molecule is CC1(CN=C(N)Nc2ccc(OC(F)(F)F)cc2)CCC1. The fourth-order valence-electron chi connectivity index (χ4n) is 2.14. The third kappa shape index (κ3) is 4.84. The predicted molar refractivity (Wildman–Crippen MR) is 75.2 cm³/mol. The maximum Gasteiger partial charge on any atom is 0.573 e. The smallest absolute Gasteiger partial charge is 0.406 e. The second kappa shape index (κ2) is 5.83. The first-order valence-electron chi connectivity index (χ1n) is 6.69. The topological polar surface area (TPSA) is 59.6 Å². The van der Waals surface area contributed by atoms with E-state index < -0.39 is 6.36 Å². The molecule has 0 amide bonds. The van der Waals surface area contributed by atoms with Crippen molar-refractivity contribution in [2.24, 2.45) is 16.1 Å². The summed E-state index contributed by atoms with van der Waals surface area (Å²) in [5.74, 6) is -0.0156. The highest BCUT2D eigenvalue weighted by Gasteiger charge is 2.31. The molecule has 1 aliphatic carbocycles. The number of rotatable bonds is 4. The van der Waals surface area contributed by atoms with E-state index >= 15 is 0 Å². The Hall–Kier alpha value is -1.92. The Balaban J connectivity index is 1.89. The van der Waals surface area contributed by atoms with Gasteiger partial charge in [0.15, 0.2) is 5.96 Å². The van der Waals surface area contributed by atoms with Crippen molar-refractivity contribution >= 4 is 11.6 Å². The van der Waals surface area contributed by atoms with Gasteiger partial charge in [-0.25, -0.2) is 0 Å². The third-order valence-corrected chi connectivity index (χ3v) is 3.55. The minimum Gasteiger partial charge on any atom is -0.406 e. The van der Waals surface area contributed by atoms with Crippen LogP contribution in [0.1, 0.15) is 26.2 Å². The summed E-state index contributed by atoms with van der Waals surface area (Å²) in [6.07, 6.45) is -1.17. The van der Waals surface area contributed by atoms with Crippen molar-refractivity contribution < 1.29 is 17.9 Å². The Kier molecular flexibility index (Phi) is 4.29. The zero-order valence-corrected chi connectivity index (χ0v) is 11.7. The van der Waals surface area contributed by atoms with Crippen LogP contribution >= 0.6 is 0 Å². The van der Waals surface area contributed by atoms with E-state index in [0.29, 0.717) is 12.2 Å². The normalized spacial score (nSPS) is 18.0. The Bertz CT molecular complexity index is 507. The predicted octanol–water partition coefficient (Wildman–Crippen LogP) is 3.50. The minimum atomic E-state index is -4.69. The highest BCUT2D eigenvalue weighted by molar-refractivity contribution is 5.92. The first-order valence-corrected chi connectivity index (χ1v) is 6.69. The van der Waals surface area contributed by atoms with Crippen molar-refractivity contribution in [3.05, 3.63) is 24.3 Å². The number of halogens is 3. The first-order chi connectivity index (χ1) is 9.76. The lowest BCUT2D eigenvalue weighted by atomic mass is 9.71. The summed E-state index contributed by atoms with van der Waals surface area (Å²) >= 11 is 0. The minimum absolute atomic E-state index is 0.233. The maximum absolute atomic E-state index is 12.0. The van der Waals surface area contributed by atoms with E-state index in [4.69, 9.17) is 5.73 Å². The van der Waals surface area contributed by atoms with Crippen LogP contribution < -0.4 is 15.8 Å². The Morgan fingerprint density at radius 2 is 1.95 bits per heavy atom. The van der Waals surface area contributed by atoms with Crippen molar-refractivity contribution in [3.8, 4) is 5.75 Å². The van der Waals surface area contributed by atoms with E-state index in [2.05, 4.69) is 22.0 Å². The molecule has 2 rings (SSSR count). The number of guanidine groups is 1. The largest absolute Gasteiger partial charge is 0.573 e. The molecule has 0 bridgehead atoms. The average molecular weight is 301 g/mol. The summed E-state index contributed by atoms with van der Waals surface area (Å²) in [7, 11) is 0. The van der Waals surface area contributed by atoms with Crippen LogP contribution in [0.5, 0.6) is 5.75 Å². The van der Waals surface area contributed by atoms with Gasteiger partial charge in [-0.05, 0) is 42.5 Å². The molecule has 0 aromatic heterocycles. The van der Waals surface area contributed by atoms with Crippen LogP contribution in [0.2, 0.25) is 0 Å². The van der Waals surface area contributed by atoms with Crippen LogP contribution in [0.15, 0.2) is 29.3 Å². The van der Waals surface area contributed by atoms with Gasteiger partial charge in [0.25, 0.3) is 0 Å². The molecule has 4 nitrogen and oxygen atoms in total. The molecule has 0 atom stereocenters. The van der Waals surface area contributed by atoms with Gasteiger partial charge >= 0.3 is 6.36 Å². The number of anilines is 1. The summed E-state index contributed by atoms with van der Waals surface area (Å²) in [5.41, 5.74) is 6.55. The molecule has 1 aromatic carbocycles. The third-order valence-electron chi connectivity index (χ3n) is 3.55. The van der Waals surface area contributed by atoms with E-state index in [0.717, 1.165) is 12.8 Å². The van der Waals surface area contributed by atoms with Crippen LogP contribution in [-0.2, 0) is 0 Å².